The van der Waals surface area contributed by atoms with Crippen molar-refractivity contribution < 1.29 is 8.42 Å². The SMILES string of the molecule is CC(C)C1CCCN1S(=O)(=O)c1sccc1Br. The maximum atomic E-state index is 12.5. The van der Waals surface area contributed by atoms with E-state index in [1.54, 1.807) is 15.8 Å². The monoisotopic (exact) mass is 337 g/mol. The molecule has 1 unspecified atom stereocenters. The average Bonchev–Trinajstić information content (AvgIpc) is 2.84. The van der Waals surface area contributed by atoms with Crippen molar-refractivity contribution in [1.82, 2.24) is 4.31 Å². The molecular weight excluding hydrogens is 322 g/mol. The molecule has 6 heteroatoms. The van der Waals surface area contributed by atoms with E-state index < -0.39 is 10.0 Å². The lowest BCUT2D eigenvalue weighted by atomic mass is 10.0. The lowest BCUT2D eigenvalue weighted by Gasteiger charge is -2.26. The van der Waals surface area contributed by atoms with Crippen molar-refractivity contribution in [3.63, 3.8) is 0 Å². The van der Waals surface area contributed by atoms with Gasteiger partial charge in [0.25, 0.3) is 10.0 Å². The van der Waals surface area contributed by atoms with Crippen molar-refractivity contribution in [3.8, 4) is 0 Å². The smallest absolute Gasteiger partial charge is 0.206 e. The van der Waals surface area contributed by atoms with Crippen LogP contribution < -0.4 is 0 Å². The molecule has 1 aliphatic rings. The van der Waals surface area contributed by atoms with Gasteiger partial charge in [0.05, 0.1) is 0 Å². The van der Waals surface area contributed by atoms with Crippen LogP contribution in [0.15, 0.2) is 20.1 Å². The van der Waals surface area contributed by atoms with Crippen LogP contribution in [0.25, 0.3) is 0 Å². The Labute approximate surface area is 115 Å². The molecule has 0 saturated carbocycles. The van der Waals surface area contributed by atoms with E-state index in [0.717, 1.165) is 12.8 Å². The number of halogens is 1. The molecule has 1 fully saturated rings. The first-order chi connectivity index (χ1) is 7.94. The summed E-state index contributed by atoms with van der Waals surface area (Å²) >= 11 is 4.59. The molecule has 1 aromatic heterocycles. The number of hydrogen-bond donors (Lipinski definition) is 0. The van der Waals surface area contributed by atoms with Crippen LogP contribution in [-0.2, 0) is 10.0 Å². The van der Waals surface area contributed by atoms with Gasteiger partial charge in [0.1, 0.15) is 4.21 Å². The molecule has 2 heterocycles. The van der Waals surface area contributed by atoms with Crippen molar-refractivity contribution in [1.29, 1.82) is 0 Å². The largest absolute Gasteiger partial charge is 0.253 e. The van der Waals surface area contributed by atoms with Crippen molar-refractivity contribution in [2.45, 2.75) is 36.9 Å². The van der Waals surface area contributed by atoms with Crippen LogP contribution in [0.3, 0.4) is 0 Å². The molecule has 96 valence electrons. The van der Waals surface area contributed by atoms with Gasteiger partial charge in [0, 0.05) is 17.1 Å². The molecule has 0 radical (unpaired) electrons. The fraction of sp³-hybridized carbons (Fsp3) is 0.636. The van der Waals surface area contributed by atoms with Gasteiger partial charge in [-0.1, -0.05) is 13.8 Å². The summed E-state index contributed by atoms with van der Waals surface area (Å²) in [6.07, 6.45) is 1.94. The lowest BCUT2D eigenvalue weighted by molar-refractivity contribution is 0.316. The van der Waals surface area contributed by atoms with Crippen LogP contribution in [0.1, 0.15) is 26.7 Å². The van der Waals surface area contributed by atoms with E-state index in [4.69, 9.17) is 0 Å². The van der Waals surface area contributed by atoms with Gasteiger partial charge in [-0.2, -0.15) is 4.31 Å². The third kappa shape index (κ3) is 2.45. The second-order valence-electron chi connectivity index (χ2n) is 4.63. The Morgan fingerprint density at radius 1 is 1.53 bits per heavy atom. The summed E-state index contributed by atoms with van der Waals surface area (Å²) in [6.45, 7) is 4.82. The Morgan fingerprint density at radius 3 is 2.76 bits per heavy atom. The zero-order valence-corrected chi connectivity index (χ0v) is 13.1. The first kappa shape index (κ1) is 13.5. The molecule has 0 N–H and O–H groups in total. The number of hydrogen-bond acceptors (Lipinski definition) is 3. The third-order valence-corrected chi connectivity index (χ3v) is 7.72. The zero-order valence-electron chi connectivity index (χ0n) is 9.89. The van der Waals surface area contributed by atoms with Gasteiger partial charge in [-0.15, -0.1) is 11.3 Å². The van der Waals surface area contributed by atoms with Crippen molar-refractivity contribution >= 4 is 37.3 Å². The van der Waals surface area contributed by atoms with Gasteiger partial charge in [-0.05, 0) is 46.1 Å². The third-order valence-electron chi connectivity index (χ3n) is 3.15. The Balaban J connectivity index is 2.36. The Bertz CT molecular complexity index is 495. The minimum absolute atomic E-state index is 0.147. The fourth-order valence-electron chi connectivity index (χ4n) is 2.30. The first-order valence-electron chi connectivity index (χ1n) is 5.69. The van der Waals surface area contributed by atoms with E-state index in [9.17, 15) is 8.42 Å². The molecule has 1 aromatic rings. The molecule has 0 spiro atoms. The summed E-state index contributed by atoms with van der Waals surface area (Å²) in [5.41, 5.74) is 0. The molecule has 17 heavy (non-hydrogen) atoms. The van der Waals surface area contributed by atoms with E-state index >= 15 is 0 Å². The minimum atomic E-state index is -3.32. The standard InChI is InChI=1S/C11H16BrNO2S2/c1-8(2)10-4-3-6-13(10)17(14,15)11-9(12)5-7-16-11/h5,7-8,10H,3-4,6H2,1-2H3. The second kappa shape index (κ2) is 4.99. The maximum absolute atomic E-state index is 12.5. The van der Waals surface area contributed by atoms with Crippen LogP contribution >= 0.6 is 27.3 Å². The Morgan fingerprint density at radius 2 is 2.24 bits per heavy atom. The number of rotatable bonds is 3. The topological polar surface area (TPSA) is 37.4 Å². The summed E-state index contributed by atoms with van der Waals surface area (Å²) in [4.78, 5) is 0. The Hall–Kier alpha value is 0.0900. The zero-order chi connectivity index (χ0) is 12.6. The van der Waals surface area contributed by atoms with Gasteiger partial charge in [-0.25, -0.2) is 8.42 Å². The van der Waals surface area contributed by atoms with Gasteiger partial charge in [0.2, 0.25) is 0 Å². The van der Waals surface area contributed by atoms with Gasteiger partial charge in [0.15, 0.2) is 0 Å². The summed E-state index contributed by atoms with van der Waals surface area (Å²) in [6, 6.07) is 1.94. The van der Waals surface area contributed by atoms with Crippen LogP contribution in [0, 0.1) is 5.92 Å². The summed E-state index contributed by atoms with van der Waals surface area (Å²) in [5.74, 6) is 0.367. The maximum Gasteiger partial charge on any atom is 0.253 e. The van der Waals surface area contributed by atoms with Crippen molar-refractivity contribution in [3.05, 3.63) is 15.9 Å². The lowest BCUT2D eigenvalue weighted by Crippen LogP contribution is -2.38. The molecular formula is C11H16BrNO2S2. The molecule has 0 aliphatic carbocycles. The van der Waals surface area contributed by atoms with Crippen molar-refractivity contribution in [2.75, 3.05) is 6.54 Å². The highest BCUT2D eigenvalue weighted by Crippen LogP contribution is 2.35. The van der Waals surface area contributed by atoms with Gasteiger partial charge < -0.3 is 0 Å². The van der Waals surface area contributed by atoms with E-state index in [1.807, 2.05) is 0 Å². The molecule has 1 atom stereocenters. The van der Waals surface area contributed by atoms with Crippen LogP contribution in [0.4, 0.5) is 0 Å². The van der Waals surface area contributed by atoms with Crippen LogP contribution in [0.2, 0.25) is 0 Å². The quantitative estimate of drug-likeness (QED) is 0.848. The number of sulfonamides is 1. The van der Waals surface area contributed by atoms with E-state index in [-0.39, 0.29) is 6.04 Å². The second-order valence-corrected chi connectivity index (χ2v) is 8.48. The molecule has 0 aromatic carbocycles. The van der Waals surface area contributed by atoms with Gasteiger partial charge in [-0.3, -0.25) is 0 Å². The number of thiophene rings is 1. The van der Waals surface area contributed by atoms with Crippen LogP contribution in [-0.4, -0.2) is 25.3 Å². The van der Waals surface area contributed by atoms with Gasteiger partial charge >= 0.3 is 0 Å². The molecule has 3 nitrogen and oxygen atoms in total. The summed E-state index contributed by atoms with van der Waals surface area (Å²) in [7, 11) is -3.32. The van der Waals surface area contributed by atoms with E-state index in [1.165, 1.54) is 11.3 Å². The van der Waals surface area contributed by atoms with Crippen molar-refractivity contribution in [2.24, 2.45) is 5.92 Å². The van der Waals surface area contributed by atoms with E-state index in [2.05, 4.69) is 29.8 Å². The minimum Gasteiger partial charge on any atom is -0.206 e. The highest BCUT2D eigenvalue weighted by molar-refractivity contribution is 9.10. The fourth-order valence-corrected chi connectivity index (χ4v) is 6.55. The summed E-state index contributed by atoms with van der Waals surface area (Å²) < 4.78 is 27.9. The first-order valence-corrected chi connectivity index (χ1v) is 8.80. The highest BCUT2D eigenvalue weighted by atomic mass is 79.9. The molecule has 0 amide bonds. The molecule has 2 rings (SSSR count). The predicted molar refractivity (Wildman–Crippen MR) is 73.8 cm³/mol. The normalized spacial score (nSPS) is 22.5. The van der Waals surface area contributed by atoms with Crippen LogP contribution in [0.5, 0.6) is 0 Å². The molecule has 1 aliphatic heterocycles. The number of nitrogens with zero attached hydrogens (tertiary/aromatic N) is 1. The molecule has 0 bridgehead atoms. The predicted octanol–water partition coefficient (Wildman–Crippen LogP) is 3.32. The molecule has 1 saturated heterocycles. The van der Waals surface area contributed by atoms with E-state index in [0.29, 0.717) is 21.1 Å². The average molecular weight is 338 g/mol. The summed E-state index contributed by atoms with van der Waals surface area (Å²) in [5, 5.41) is 1.80. The Kier molecular flexibility index (Phi) is 3.97. The highest BCUT2D eigenvalue weighted by Gasteiger charge is 2.38.